The summed E-state index contributed by atoms with van der Waals surface area (Å²) in [6, 6.07) is 7.60. The number of ether oxygens (including phenoxy) is 1. The Morgan fingerprint density at radius 2 is 1.79 bits per heavy atom. The second-order valence-corrected chi connectivity index (χ2v) is 6.88. The van der Waals surface area contributed by atoms with Crippen molar-refractivity contribution in [3.63, 3.8) is 0 Å². The van der Waals surface area contributed by atoms with Crippen LogP contribution in [0.4, 0.5) is 0 Å². The molecule has 0 saturated heterocycles. The molecule has 4 nitrogen and oxygen atoms in total. The normalized spacial score (nSPS) is 11.3. The number of benzene rings is 1. The SMILES string of the molecule is COc1ccc(CCC(=O)CCCS(C)(=O)=O)cc1. The largest absolute Gasteiger partial charge is 0.497 e. The summed E-state index contributed by atoms with van der Waals surface area (Å²) in [6.07, 6.45) is 3.08. The maximum Gasteiger partial charge on any atom is 0.147 e. The van der Waals surface area contributed by atoms with E-state index in [1.165, 1.54) is 6.26 Å². The summed E-state index contributed by atoms with van der Waals surface area (Å²) in [5.41, 5.74) is 1.08. The van der Waals surface area contributed by atoms with Crippen molar-refractivity contribution in [1.82, 2.24) is 0 Å². The van der Waals surface area contributed by atoms with Gasteiger partial charge in [0.25, 0.3) is 0 Å². The Kier molecular flexibility index (Phi) is 6.02. The Balaban J connectivity index is 2.29. The lowest BCUT2D eigenvalue weighted by molar-refractivity contribution is -0.119. The molecular weight excluding hydrogens is 264 g/mol. The Morgan fingerprint density at radius 1 is 1.16 bits per heavy atom. The third-order valence-electron chi connectivity index (χ3n) is 2.82. The van der Waals surface area contributed by atoms with E-state index in [0.717, 1.165) is 11.3 Å². The molecular formula is C14H20O4S. The van der Waals surface area contributed by atoms with Gasteiger partial charge >= 0.3 is 0 Å². The predicted octanol–water partition coefficient (Wildman–Crippen LogP) is 2.02. The highest BCUT2D eigenvalue weighted by Gasteiger charge is 2.06. The van der Waals surface area contributed by atoms with Gasteiger partial charge in [0.2, 0.25) is 0 Å². The number of carbonyl (C=O) groups excluding carboxylic acids is 1. The fourth-order valence-corrected chi connectivity index (χ4v) is 2.40. The molecule has 0 aliphatic carbocycles. The summed E-state index contributed by atoms with van der Waals surface area (Å²) in [7, 11) is -1.35. The Labute approximate surface area is 114 Å². The molecule has 19 heavy (non-hydrogen) atoms. The summed E-state index contributed by atoms with van der Waals surface area (Å²) < 4.78 is 26.9. The number of ketones is 1. The van der Waals surface area contributed by atoms with Crippen LogP contribution in [0.3, 0.4) is 0 Å². The summed E-state index contributed by atoms with van der Waals surface area (Å²) in [5.74, 6) is 0.990. The lowest BCUT2D eigenvalue weighted by atomic mass is 10.1. The smallest absolute Gasteiger partial charge is 0.147 e. The van der Waals surface area contributed by atoms with Gasteiger partial charge in [0.05, 0.1) is 12.9 Å². The minimum Gasteiger partial charge on any atom is -0.497 e. The van der Waals surface area contributed by atoms with Crippen molar-refractivity contribution in [2.24, 2.45) is 0 Å². The van der Waals surface area contributed by atoms with Gasteiger partial charge in [0, 0.05) is 19.1 Å². The first kappa shape index (κ1) is 15.7. The van der Waals surface area contributed by atoms with Crippen molar-refractivity contribution < 1.29 is 17.9 Å². The van der Waals surface area contributed by atoms with E-state index in [1.54, 1.807) is 7.11 Å². The fourth-order valence-electron chi connectivity index (χ4n) is 1.73. The molecule has 0 fully saturated rings. The van der Waals surface area contributed by atoms with E-state index in [4.69, 9.17) is 4.74 Å². The van der Waals surface area contributed by atoms with Crippen LogP contribution in [0.25, 0.3) is 0 Å². The average Bonchev–Trinajstić information content (AvgIpc) is 2.35. The molecule has 0 bridgehead atoms. The van der Waals surface area contributed by atoms with Gasteiger partial charge in [-0.05, 0) is 30.5 Å². The molecule has 1 rings (SSSR count). The van der Waals surface area contributed by atoms with E-state index < -0.39 is 9.84 Å². The summed E-state index contributed by atoms with van der Waals surface area (Å²) in [6.45, 7) is 0. The second-order valence-electron chi connectivity index (χ2n) is 4.62. The molecule has 1 aromatic carbocycles. The number of rotatable bonds is 8. The Hall–Kier alpha value is -1.36. The van der Waals surface area contributed by atoms with Crippen LogP contribution in [0.1, 0.15) is 24.8 Å². The predicted molar refractivity (Wildman–Crippen MR) is 75.3 cm³/mol. The van der Waals surface area contributed by atoms with Gasteiger partial charge in [-0.1, -0.05) is 12.1 Å². The first-order chi connectivity index (χ1) is 8.90. The Bertz CT molecular complexity index is 503. The highest BCUT2D eigenvalue weighted by molar-refractivity contribution is 7.90. The molecule has 0 heterocycles. The van der Waals surface area contributed by atoms with Crippen LogP contribution in [0.15, 0.2) is 24.3 Å². The summed E-state index contributed by atoms with van der Waals surface area (Å²) >= 11 is 0. The van der Waals surface area contributed by atoms with Gasteiger partial charge in [-0.2, -0.15) is 0 Å². The van der Waals surface area contributed by atoms with Crippen LogP contribution >= 0.6 is 0 Å². The zero-order valence-corrected chi connectivity index (χ0v) is 12.2. The van der Waals surface area contributed by atoms with Crippen LogP contribution in [0, 0.1) is 0 Å². The van der Waals surface area contributed by atoms with E-state index in [2.05, 4.69) is 0 Å². The summed E-state index contributed by atoms with van der Waals surface area (Å²) in [5, 5.41) is 0. The van der Waals surface area contributed by atoms with E-state index in [-0.39, 0.29) is 11.5 Å². The molecule has 0 unspecified atom stereocenters. The molecule has 0 aromatic heterocycles. The van der Waals surface area contributed by atoms with Gasteiger partial charge in [0.15, 0.2) is 0 Å². The van der Waals surface area contributed by atoms with Crippen LogP contribution < -0.4 is 4.74 Å². The monoisotopic (exact) mass is 284 g/mol. The van der Waals surface area contributed by atoms with Crippen LogP contribution in [-0.2, 0) is 21.1 Å². The minimum absolute atomic E-state index is 0.0846. The van der Waals surface area contributed by atoms with E-state index in [0.29, 0.717) is 25.7 Å². The van der Waals surface area contributed by atoms with Crippen LogP contribution in [0.5, 0.6) is 5.75 Å². The highest BCUT2D eigenvalue weighted by Crippen LogP contribution is 2.13. The van der Waals surface area contributed by atoms with E-state index in [9.17, 15) is 13.2 Å². The van der Waals surface area contributed by atoms with E-state index >= 15 is 0 Å². The van der Waals surface area contributed by atoms with Gasteiger partial charge in [-0.25, -0.2) is 8.42 Å². The van der Waals surface area contributed by atoms with Gasteiger partial charge in [-0.3, -0.25) is 4.79 Å². The van der Waals surface area contributed by atoms with Crippen molar-refractivity contribution in [3.8, 4) is 5.75 Å². The zero-order chi connectivity index (χ0) is 14.3. The van der Waals surface area contributed by atoms with Crippen molar-refractivity contribution in [2.45, 2.75) is 25.7 Å². The highest BCUT2D eigenvalue weighted by atomic mass is 32.2. The quantitative estimate of drug-likeness (QED) is 0.733. The topological polar surface area (TPSA) is 60.4 Å². The molecule has 5 heteroatoms. The number of Topliss-reactive ketones (excluding diaryl/α,β-unsaturated/α-hetero) is 1. The van der Waals surface area contributed by atoms with Crippen molar-refractivity contribution in [2.75, 3.05) is 19.1 Å². The van der Waals surface area contributed by atoms with Gasteiger partial charge < -0.3 is 4.74 Å². The molecule has 0 aliphatic rings. The maximum atomic E-state index is 11.6. The standard InChI is InChI=1S/C14H20O4S/c1-18-14-9-6-12(7-10-14)5-8-13(15)4-3-11-19(2,16)17/h6-7,9-10H,3-5,8,11H2,1-2H3. The number of hydrogen-bond donors (Lipinski definition) is 0. The first-order valence-electron chi connectivity index (χ1n) is 6.23. The molecule has 0 radical (unpaired) electrons. The third kappa shape index (κ3) is 6.96. The molecule has 0 atom stereocenters. The third-order valence-corrected chi connectivity index (χ3v) is 3.85. The van der Waals surface area contributed by atoms with Crippen molar-refractivity contribution in [3.05, 3.63) is 29.8 Å². The molecule has 0 N–H and O–H groups in total. The van der Waals surface area contributed by atoms with Crippen LogP contribution in [-0.4, -0.2) is 33.3 Å². The first-order valence-corrected chi connectivity index (χ1v) is 8.29. The van der Waals surface area contributed by atoms with Crippen molar-refractivity contribution >= 4 is 15.6 Å². The second kappa shape index (κ2) is 7.28. The Morgan fingerprint density at radius 3 is 2.32 bits per heavy atom. The molecule has 0 amide bonds. The number of methoxy groups -OCH3 is 1. The molecule has 1 aromatic rings. The average molecular weight is 284 g/mol. The maximum absolute atomic E-state index is 11.6. The lowest BCUT2D eigenvalue weighted by Crippen LogP contribution is -2.07. The van der Waals surface area contributed by atoms with E-state index in [1.807, 2.05) is 24.3 Å². The zero-order valence-electron chi connectivity index (χ0n) is 11.4. The van der Waals surface area contributed by atoms with Crippen LogP contribution in [0.2, 0.25) is 0 Å². The van der Waals surface area contributed by atoms with Gasteiger partial charge in [-0.15, -0.1) is 0 Å². The molecule has 106 valence electrons. The fraction of sp³-hybridized carbons (Fsp3) is 0.500. The van der Waals surface area contributed by atoms with Gasteiger partial charge in [0.1, 0.15) is 21.4 Å². The number of aryl methyl sites for hydroxylation is 1. The summed E-state index contributed by atoms with van der Waals surface area (Å²) in [4.78, 5) is 11.6. The molecule has 0 saturated carbocycles. The number of carbonyl (C=O) groups is 1. The number of hydrogen-bond acceptors (Lipinski definition) is 4. The lowest BCUT2D eigenvalue weighted by Gasteiger charge is -2.03. The minimum atomic E-state index is -2.96. The molecule has 0 spiro atoms. The number of sulfone groups is 1. The van der Waals surface area contributed by atoms with Crippen molar-refractivity contribution in [1.29, 1.82) is 0 Å². The molecule has 0 aliphatic heterocycles.